The van der Waals surface area contributed by atoms with Gasteiger partial charge >= 0.3 is 0 Å². The standard InChI is InChI=1S/C12H15N5O2/c1-18-10-6-5-8(15-16-10)11-14-12(19-17-11)9-4-2-3-7-13-9/h5-6,9,13H,2-4,7H2,1H3. The number of nitrogens with zero attached hydrogens (tertiary/aromatic N) is 4. The zero-order valence-electron chi connectivity index (χ0n) is 10.7. The maximum atomic E-state index is 5.29. The van der Waals surface area contributed by atoms with E-state index in [9.17, 15) is 0 Å². The Labute approximate surface area is 110 Å². The van der Waals surface area contributed by atoms with Crippen LogP contribution in [-0.2, 0) is 0 Å². The molecule has 0 bridgehead atoms. The van der Waals surface area contributed by atoms with Crippen molar-refractivity contribution in [2.24, 2.45) is 0 Å². The first kappa shape index (κ1) is 12.0. The maximum Gasteiger partial charge on any atom is 0.244 e. The van der Waals surface area contributed by atoms with E-state index in [2.05, 4.69) is 25.7 Å². The van der Waals surface area contributed by atoms with Crippen LogP contribution in [0.15, 0.2) is 16.7 Å². The molecule has 1 fully saturated rings. The SMILES string of the molecule is COc1ccc(-c2noc(C3CCCCN3)n2)nn1. The van der Waals surface area contributed by atoms with Crippen molar-refractivity contribution in [1.29, 1.82) is 0 Å². The third-order valence-electron chi connectivity index (χ3n) is 3.13. The smallest absolute Gasteiger partial charge is 0.244 e. The van der Waals surface area contributed by atoms with Gasteiger partial charge < -0.3 is 14.6 Å². The second kappa shape index (κ2) is 5.31. The molecule has 1 atom stereocenters. The second-order valence-electron chi connectivity index (χ2n) is 4.42. The van der Waals surface area contributed by atoms with E-state index < -0.39 is 0 Å². The third kappa shape index (κ3) is 2.55. The van der Waals surface area contributed by atoms with Crippen LogP contribution in [0.1, 0.15) is 31.2 Å². The molecule has 2 aromatic heterocycles. The summed E-state index contributed by atoms with van der Waals surface area (Å²) in [4.78, 5) is 4.38. The number of ether oxygens (including phenoxy) is 1. The lowest BCUT2D eigenvalue weighted by Gasteiger charge is -2.19. The Morgan fingerprint density at radius 1 is 1.32 bits per heavy atom. The van der Waals surface area contributed by atoms with Crippen LogP contribution < -0.4 is 10.1 Å². The third-order valence-corrected chi connectivity index (χ3v) is 3.13. The molecule has 0 spiro atoms. The van der Waals surface area contributed by atoms with Crippen molar-refractivity contribution in [2.75, 3.05) is 13.7 Å². The first-order chi connectivity index (χ1) is 9.36. The minimum Gasteiger partial charge on any atom is -0.480 e. The lowest BCUT2D eigenvalue weighted by Crippen LogP contribution is -2.26. The summed E-state index contributed by atoms with van der Waals surface area (Å²) in [5.74, 6) is 1.53. The van der Waals surface area contributed by atoms with E-state index >= 15 is 0 Å². The number of methoxy groups -OCH3 is 1. The molecule has 0 aromatic carbocycles. The van der Waals surface area contributed by atoms with Gasteiger partial charge in [0.15, 0.2) is 0 Å². The maximum absolute atomic E-state index is 5.29. The van der Waals surface area contributed by atoms with E-state index in [4.69, 9.17) is 9.26 Å². The van der Waals surface area contributed by atoms with E-state index in [0.717, 1.165) is 13.0 Å². The molecule has 3 heterocycles. The van der Waals surface area contributed by atoms with Crippen molar-refractivity contribution in [3.05, 3.63) is 18.0 Å². The van der Waals surface area contributed by atoms with Crippen molar-refractivity contribution in [1.82, 2.24) is 25.7 Å². The summed E-state index contributed by atoms with van der Waals surface area (Å²) in [6.45, 7) is 0.991. The Hall–Kier alpha value is -2.02. The van der Waals surface area contributed by atoms with Crippen LogP contribution in [0, 0.1) is 0 Å². The highest BCUT2D eigenvalue weighted by atomic mass is 16.5. The topological polar surface area (TPSA) is 86.0 Å². The van der Waals surface area contributed by atoms with Crippen LogP contribution >= 0.6 is 0 Å². The highest BCUT2D eigenvalue weighted by molar-refractivity contribution is 5.47. The van der Waals surface area contributed by atoms with Gasteiger partial charge in [-0.25, -0.2) is 0 Å². The van der Waals surface area contributed by atoms with Crippen molar-refractivity contribution in [3.63, 3.8) is 0 Å². The van der Waals surface area contributed by atoms with Gasteiger partial charge in [0, 0.05) is 6.07 Å². The molecule has 1 N–H and O–H groups in total. The molecule has 1 aliphatic rings. The molecule has 7 heteroatoms. The van der Waals surface area contributed by atoms with Crippen LogP contribution in [0.3, 0.4) is 0 Å². The van der Waals surface area contributed by atoms with Crippen LogP contribution in [0.2, 0.25) is 0 Å². The summed E-state index contributed by atoms with van der Waals surface area (Å²) in [7, 11) is 1.55. The van der Waals surface area contributed by atoms with Crippen LogP contribution in [0.4, 0.5) is 0 Å². The molecule has 19 heavy (non-hydrogen) atoms. The van der Waals surface area contributed by atoms with Gasteiger partial charge in [0.25, 0.3) is 0 Å². The highest BCUT2D eigenvalue weighted by Gasteiger charge is 2.21. The number of piperidine rings is 1. The van der Waals surface area contributed by atoms with E-state index in [1.165, 1.54) is 12.8 Å². The van der Waals surface area contributed by atoms with Gasteiger partial charge in [-0.15, -0.1) is 10.2 Å². The molecule has 0 saturated carbocycles. The zero-order chi connectivity index (χ0) is 13.1. The summed E-state index contributed by atoms with van der Waals surface area (Å²) in [5, 5.41) is 15.2. The summed E-state index contributed by atoms with van der Waals surface area (Å²) >= 11 is 0. The van der Waals surface area contributed by atoms with Gasteiger partial charge in [-0.2, -0.15) is 4.98 Å². The van der Waals surface area contributed by atoms with E-state index in [1.54, 1.807) is 19.2 Å². The van der Waals surface area contributed by atoms with Crippen molar-refractivity contribution < 1.29 is 9.26 Å². The van der Waals surface area contributed by atoms with Gasteiger partial charge in [-0.05, 0) is 25.5 Å². The van der Waals surface area contributed by atoms with E-state index in [0.29, 0.717) is 23.3 Å². The van der Waals surface area contributed by atoms with Crippen molar-refractivity contribution in [3.8, 4) is 17.4 Å². The fraction of sp³-hybridized carbons (Fsp3) is 0.500. The lowest BCUT2D eigenvalue weighted by atomic mass is 10.1. The largest absolute Gasteiger partial charge is 0.480 e. The minimum absolute atomic E-state index is 0.154. The number of hydrogen-bond donors (Lipinski definition) is 1. The molecule has 0 aliphatic carbocycles. The minimum atomic E-state index is 0.154. The molecule has 0 amide bonds. The van der Waals surface area contributed by atoms with Gasteiger partial charge in [0.2, 0.25) is 17.6 Å². The second-order valence-corrected chi connectivity index (χ2v) is 4.42. The monoisotopic (exact) mass is 261 g/mol. The normalized spacial score (nSPS) is 19.3. The molecule has 2 aromatic rings. The first-order valence-electron chi connectivity index (χ1n) is 6.32. The molecule has 7 nitrogen and oxygen atoms in total. The average molecular weight is 261 g/mol. The van der Waals surface area contributed by atoms with Crippen LogP contribution in [-0.4, -0.2) is 34.0 Å². The quantitative estimate of drug-likeness (QED) is 0.892. The molecule has 1 aliphatic heterocycles. The Kier molecular flexibility index (Phi) is 3.37. The van der Waals surface area contributed by atoms with Gasteiger partial charge in [-0.1, -0.05) is 11.6 Å². The predicted octanol–water partition coefficient (Wildman–Crippen LogP) is 1.35. The fourth-order valence-electron chi connectivity index (χ4n) is 2.09. The molecule has 3 rings (SSSR count). The zero-order valence-corrected chi connectivity index (χ0v) is 10.7. The molecule has 1 unspecified atom stereocenters. The van der Waals surface area contributed by atoms with E-state index in [1.807, 2.05) is 0 Å². The number of rotatable bonds is 3. The summed E-state index contributed by atoms with van der Waals surface area (Å²) in [6.07, 6.45) is 3.40. The van der Waals surface area contributed by atoms with Gasteiger partial charge in [0.05, 0.1) is 13.2 Å². The number of nitrogens with one attached hydrogen (secondary N) is 1. The average Bonchev–Trinajstić information content (AvgIpc) is 2.98. The van der Waals surface area contributed by atoms with Crippen LogP contribution in [0.25, 0.3) is 11.5 Å². The molecule has 1 saturated heterocycles. The summed E-state index contributed by atoms with van der Waals surface area (Å²) in [5.41, 5.74) is 0.576. The first-order valence-corrected chi connectivity index (χ1v) is 6.32. The lowest BCUT2D eigenvalue weighted by molar-refractivity contribution is 0.297. The summed E-state index contributed by atoms with van der Waals surface area (Å²) in [6, 6.07) is 3.63. The Bertz CT molecular complexity index is 533. The molecular formula is C12H15N5O2. The number of aromatic nitrogens is 4. The molecule has 100 valence electrons. The Morgan fingerprint density at radius 2 is 2.26 bits per heavy atom. The predicted molar refractivity (Wildman–Crippen MR) is 66.5 cm³/mol. The van der Waals surface area contributed by atoms with Gasteiger partial charge in [0.1, 0.15) is 5.69 Å². The molecular weight excluding hydrogens is 246 g/mol. The highest BCUT2D eigenvalue weighted by Crippen LogP contribution is 2.23. The summed E-state index contributed by atoms with van der Waals surface area (Å²) < 4.78 is 10.3. The Morgan fingerprint density at radius 3 is 2.95 bits per heavy atom. The van der Waals surface area contributed by atoms with Crippen LogP contribution in [0.5, 0.6) is 5.88 Å². The molecule has 0 radical (unpaired) electrons. The fourth-order valence-corrected chi connectivity index (χ4v) is 2.09. The van der Waals surface area contributed by atoms with E-state index in [-0.39, 0.29) is 6.04 Å². The van der Waals surface area contributed by atoms with Crippen molar-refractivity contribution >= 4 is 0 Å². The number of hydrogen-bond acceptors (Lipinski definition) is 7. The van der Waals surface area contributed by atoms with Crippen molar-refractivity contribution in [2.45, 2.75) is 25.3 Å². The van der Waals surface area contributed by atoms with Gasteiger partial charge in [-0.3, -0.25) is 0 Å². The Balaban J connectivity index is 1.79.